The van der Waals surface area contributed by atoms with Crippen LogP contribution in [0.2, 0.25) is 0 Å². The molecule has 0 saturated heterocycles. The molecule has 3 aromatic carbocycles. The Morgan fingerprint density at radius 3 is 2.40 bits per heavy atom. The van der Waals surface area contributed by atoms with Gasteiger partial charge in [-0.2, -0.15) is 0 Å². The number of aryl methyl sites for hydroxylation is 1. The van der Waals surface area contributed by atoms with Gasteiger partial charge in [-0.1, -0.05) is 24.3 Å². The highest BCUT2D eigenvalue weighted by molar-refractivity contribution is 8.00. The average Bonchev–Trinajstić information content (AvgIpc) is 2.74. The Hall–Kier alpha value is -3.25. The predicted octanol–water partition coefficient (Wildman–Crippen LogP) is 5.36. The van der Waals surface area contributed by atoms with Gasteiger partial charge in [-0.05, 0) is 78.9 Å². The number of rotatable bonds is 5. The normalized spacial score (nSPS) is 12.8. The lowest BCUT2D eigenvalue weighted by molar-refractivity contribution is -0.114. The number of nitrogens with zero attached hydrogens (tertiary/aromatic N) is 1. The lowest BCUT2D eigenvalue weighted by Gasteiger charge is -2.29. The molecule has 0 unspecified atom stereocenters. The van der Waals surface area contributed by atoms with Gasteiger partial charge in [0.1, 0.15) is 0 Å². The third-order valence-electron chi connectivity index (χ3n) is 4.84. The smallest absolute Gasteiger partial charge is 0.255 e. The van der Waals surface area contributed by atoms with Crippen LogP contribution in [0, 0.1) is 0 Å². The highest BCUT2D eigenvalue weighted by Gasteiger charge is 2.17. The maximum absolute atomic E-state index is 12.6. The summed E-state index contributed by atoms with van der Waals surface area (Å²) in [5.41, 5.74) is 4.52. The van der Waals surface area contributed by atoms with Crippen molar-refractivity contribution in [1.82, 2.24) is 0 Å². The third kappa shape index (κ3) is 4.83. The summed E-state index contributed by atoms with van der Waals surface area (Å²) in [6.07, 6.45) is 2.26. The number of anilines is 3. The van der Waals surface area contributed by atoms with Crippen LogP contribution in [0.15, 0.2) is 77.7 Å². The van der Waals surface area contributed by atoms with Crippen molar-refractivity contribution in [1.29, 1.82) is 0 Å². The fraction of sp³-hybridized carbons (Fsp3) is 0.167. The van der Waals surface area contributed by atoms with Gasteiger partial charge in [0.15, 0.2) is 0 Å². The Balaban J connectivity index is 1.41. The highest BCUT2D eigenvalue weighted by atomic mass is 32.2. The molecule has 6 heteroatoms. The molecule has 2 N–H and O–H groups in total. The number of carbonyl (C=O) groups is 2. The first-order valence-corrected chi connectivity index (χ1v) is 10.7. The van der Waals surface area contributed by atoms with Gasteiger partial charge in [0.2, 0.25) is 5.91 Å². The Bertz CT molecular complexity index is 1070. The van der Waals surface area contributed by atoms with Crippen molar-refractivity contribution < 1.29 is 9.59 Å². The summed E-state index contributed by atoms with van der Waals surface area (Å²) < 4.78 is 2.32. The summed E-state index contributed by atoms with van der Waals surface area (Å²) in [4.78, 5) is 24.9. The number of benzene rings is 3. The van der Waals surface area contributed by atoms with Crippen LogP contribution in [-0.2, 0) is 11.2 Å². The molecule has 3 aromatic rings. The van der Waals surface area contributed by atoms with Crippen LogP contribution >= 0.6 is 11.9 Å². The van der Waals surface area contributed by atoms with E-state index in [1.54, 1.807) is 36.2 Å². The van der Waals surface area contributed by atoms with E-state index < -0.39 is 0 Å². The largest absolute Gasteiger partial charge is 0.326 e. The van der Waals surface area contributed by atoms with E-state index in [0.717, 1.165) is 24.3 Å². The third-order valence-corrected chi connectivity index (χ3v) is 5.92. The molecule has 1 aliphatic rings. The fourth-order valence-electron chi connectivity index (χ4n) is 3.47. The second-order valence-corrected chi connectivity index (χ2v) is 8.26. The number of carbonyl (C=O) groups excluding carboxylic acids is 2. The second kappa shape index (κ2) is 9.05. The van der Waals surface area contributed by atoms with Gasteiger partial charge in [-0.15, -0.1) is 0 Å². The minimum absolute atomic E-state index is 0.150. The molecule has 0 atom stereocenters. The average molecular weight is 418 g/mol. The fourth-order valence-corrected chi connectivity index (χ4v) is 4.48. The summed E-state index contributed by atoms with van der Waals surface area (Å²) in [6, 6.07) is 23.2. The van der Waals surface area contributed by atoms with Crippen molar-refractivity contribution in [2.75, 3.05) is 21.5 Å². The summed E-state index contributed by atoms with van der Waals surface area (Å²) in [5.74, 6) is -0.335. The lowest BCUT2D eigenvalue weighted by atomic mass is 10.0. The topological polar surface area (TPSA) is 61.4 Å². The molecule has 0 aromatic heterocycles. The molecule has 30 heavy (non-hydrogen) atoms. The van der Waals surface area contributed by atoms with E-state index in [-0.39, 0.29) is 11.8 Å². The minimum atomic E-state index is -0.185. The molecular weight excluding hydrogens is 394 g/mol. The number of nitrogens with one attached hydrogen (secondary N) is 2. The van der Waals surface area contributed by atoms with Crippen LogP contribution in [-0.4, -0.2) is 18.4 Å². The van der Waals surface area contributed by atoms with Crippen LogP contribution in [0.3, 0.4) is 0 Å². The van der Waals surface area contributed by atoms with Gasteiger partial charge >= 0.3 is 0 Å². The van der Waals surface area contributed by atoms with Crippen LogP contribution in [0.4, 0.5) is 17.1 Å². The molecule has 152 valence electrons. The Morgan fingerprint density at radius 1 is 0.900 bits per heavy atom. The van der Waals surface area contributed by atoms with Gasteiger partial charge in [-0.3, -0.25) is 9.59 Å². The lowest BCUT2D eigenvalue weighted by Crippen LogP contribution is -2.22. The number of fused-ring (bicyclic) bond motifs is 1. The monoisotopic (exact) mass is 417 g/mol. The molecule has 0 aliphatic carbocycles. The molecule has 0 spiro atoms. The Kier molecular flexibility index (Phi) is 6.05. The van der Waals surface area contributed by atoms with Gasteiger partial charge in [-0.25, -0.2) is 0 Å². The molecule has 1 heterocycles. The molecule has 2 amide bonds. The van der Waals surface area contributed by atoms with Crippen LogP contribution < -0.4 is 14.9 Å². The molecule has 0 saturated carbocycles. The predicted molar refractivity (Wildman–Crippen MR) is 123 cm³/mol. The van der Waals surface area contributed by atoms with Crippen LogP contribution in [0.1, 0.15) is 29.3 Å². The van der Waals surface area contributed by atoms with E-state index in [0.29, 0.717) is 16.9 Å². The maximum Gasteiger partial charge on any atom is 0.255 e. The van der Waals surface area contributed by atoms with E-state index in [2.05, 4.69) is 39.2 Å². The van der Waals surface area contributed by atoms with Crippen molar-refractivity contribution in [3.8, 4) is 0 Å². The van der Waals surface area contributed by atoms with Crippen molar-refractivity contribution in [2.45, 2.75) is 24.7 Å². The van der Waals surface area contributed by atoms with Gasteiger partial charge in [0, 0.05) is 35.3 Å². The second-order valence-electron chi connectivity index (χ2n) is 7.17. The number of hydrogen-bond acceptors (Lipinski definition) is 4. The molecule has 1 aliphatic heterocycles. The molecule has 0 fully saturated rings. The zero-order valence-corrected chi connectivity index (χ0v) is 17.5. The van der Waals surface area contributed by atoms with Crippen molar-refractivity contribution in [3.63, 3.8) is 0 Å². The molecule has 0 bridgehead atoms. The maximum atomic E-state index is 12.6. The van der Waals surface area contributed by atoms with Crippen molar-refractivity contribution in [3.05, 3.63) is 83.9 Å². The van der Waals surface area contributed by atoms with Crippen LogP contribution in [0.5, 0.6) is 0 Å². The van der Waals surface area contributed by atoms with E-state index in [4.69, 9.17) is 0 Å². The molecular formula is C24H23N3O2S. The van der Waals surface area contributed by atoms with E-state index in [1.807, 2.05) is 24.3 Å². The summed E-state index contributed by atoms with van der Waals surface area (Å²) in [6.45, 7) is 2.46. The van der Waals surface area contributed by atoms with Gasteiger partial charge in [0.25, 0.3) is 5.91 Å². The Labute approximate surface area is 180 Å². The molecule has 5 nitrogen and oxygen atoms in total. The van der Waals surface area contributed by atoms with Crippen molar-refractivity contribution in [2.24, 2.45) is 0 Å². The molecule has 4 rings (SSSR count). The quantitative estimate of drug-likeness (QED) is 0.549. The first-order valence-electron chi connectivity index (χ1n) is 9.91. The summed E-state index contributed by atoms with van der Waals surface area (Å²) >= 11 is 1.70. The first kappa shape index (κ1) is 20.0. The van der Waals surface area contributed by atoms with E-state index in [1.165, 1.54) is 18.2 Å². The zero-order chi connectivity index (χ0) is 20.9. The van der Waals surface area contributed by atoms with Gasteiger partial charge in [0.05, 0.1) is 5.69 Å². The molecule has 0 radical (unpaired) electrons. The van der Waals surface area contributed by atoms with Gasteiger partial charge < -0.3 is 14.9 Å². The Morgan fingerprint density at radius 2 is 1.63 bits per heavy atom. The zero-order valence-electron chi connectivity index (χ0n) is 16.7. The van der Waals surface area contributed by atoms with E-state index >= 15 is 0 Å². The first-order chi connectivity index (χ1) is 14.6. The standard InChI is InChI=1S/C24H23N3O2S/c1-17(28)25-20-8-4-9-21(16-20)26-24(29)19-11-13-22(14-12-19)30-27-15-5-7-18-6-2-3-10-23(18)27/h2-4,6,8-14,16H,5,7,15H2,1H3,(H,25,28)(H,26,29). The SMILES string of the molecule is CC(=O)Nc1cccc(NC(=O)c2ccc(SN3CCCc4ccccc43)cc2)c1. The summed E-state index contributed by atoms with van der Waals surface area (Å²) in [7, 11) is 0. The van der Waals surface area contributed by atoms with E-state index in [9.17, 15) is 9.59 Å². The number of amides is 2. The highest BCUT2D eigenvalue weighted by Crippen LogP contribution is 2.35. The number of para-hydroxylation sites is 1. The number of hydrogen-bond donors (Lipinski definition) is 2. The van der Waals surface area contributed by atoms with Crippen LogP contribution in [0.25, 0.3) is 0 Å². The summed E-state index contributed by atoms with van der Waals surface area (Å²) in [5, 5.41) is 5.59. The van der Waals surface area contributed by atoms with Crippen molar-refractivity contribution >= 4 is 40.8 Å². The minimum Gasteiger partial charge on any atom is -0.326 e.